The predicted molar refractivity (Wildman–Crippen MR) is 56.7 cm³/mol. The third-order valence-corrected chi connectivity index (χ3v) is 1.82. The van der Waals surface area contributed by atoms with E-state index in [-0.39, 0.29) is 6.10 Å². The molecule has 0 aliphatic heterocycles. The second-order valence-corrected chi connectivity index (χ2v) is 3.22. The minimum atomic E-state index is 0.243. The second-order valence-electron chi connectivity index (χ2n) is 3.22. The molecule has 0 amide bonds. The Balaban J connectivity index is 3.06. The molecule has 0 aromatic heterocycles. The van der Waals surface area contributed by atoms with Crippen LogP contribution in [0.4, 0.5) is 0 Å². The van der Waals surface area contributed by atoms with Gasteiger partial charge in [0.25, 0.3) is 0 Å². The summed E-state index contributed by atoms with van der Waals surface area (Å²) in [4.78, 5) is 0. The van der Waals surface area contributed by atoms with Crippen molar-refractivity contribution in [3.63, 3.8) is 0 Å². The highest BCUT2D eigenvalue weighted by Gasteiger charge is 2.00. The molecular formula is C10H23NO3. The van der Waals surface area contributed by atoms with Gasteiger partial charge in [0.05, 0.1) is 19.3 Å². The molecule has 0 aromatic rings. The highest BCUT2D eigenvalue weighted by atomic mass is 16.5. The Bertz CT molecular complexity index is 112. The van der Waals surface area contributed by atoms with Crippen molar-refractivity contribution in [1.82, 2.24) is 5.32 Å². The minimum Gasteiger partial charge on any atom is -0.385 e. The average molecular weight is 205 g/mol. The summed E-state index contributed by atoms with van der Waals surface area (Å²) in [6, 6.07) is 0. The monoisotopic (exact) mass is 205 g/mol. The first kappa shape index (κ1) is 13.8. The van der Waals surface area contributed by atoms with E-state index in [9.17, 15) is 0 Å². The van der Waals surface area contributed by atoms with Crippen LogP contribution < -0.4 is 5.32 Å². The number of rotatable bonds is 10. The van der Waals surface area contributed by atoms with Crippen LogP contribution in [0, 0.1) is 0 Å². The zero-order chi connectivity index (χ0) is 10.6. The summed E-state index contributed by atoms with van der Waals surface area (Å²) in [6.45, 7) is 6.05. The molecule has 0 aliphatic rings. The van der Waals surface area contributed by atoms with Crippen molar-refractivity contribution in [3.05, 3.63) is 0 Å². The summed E-state index contributed by atoms with van der Waals surface area (Å²) < 4.78 is 15.3. The third kappa shape index (κ3) is 9.92. The Morgan fingerprint density at radius 1 is 1.07 bits per heavy atom. The summed E-state index contributed by atoms with van der Waals surface area (Å²) in [5.41, 5.74) is 0. The molecule has 4 nitrogen and oxygen atoms in total. The van der Waals surface area contributed by atoms with Gasteiger partial charge in [-0.25, -0.2) is 0 Å². The number of nitrogens with one attached hydrogen (secondary N) is 1. The first-order chi connectivity index (χ1) is 6.81. The third-order valence-electron chi connectivity index (χ3n) is 1.82. The Hall–Kier alpha value is -0.160. The van der Waals surface area contributed by atoms with Crippen LogP contribution in [0.3, 0.4) is 0 Å². The molecule has 0 rings (SSSR count). The van der Waals surface area contributed by atoms with Gasteiger partial charge in [0.1, 0.15) is 0 Å². The molecule has 1 atom stereocenters. The lowest BCUT2D eigenvalue weighted by molar-refractivity contribution is 0.0266. The van der Waals surface area contributed by atoms with Gasteiger partial charge in [0, 0.05) is 27.4 Å². The molecule has 0 heterocycles. The molecular weight excluding hydrogens is 182 g/mol. The molecule has 0 fully saturated rings. The molecule has 4 heteroatoms. The normalized spacial score (nSPS) is 13.1. The van der Waals surface area contributed by atoms with Gasteiger partial charge in [-0.05, 0) is 19.9 Å². The van der Waals surface area contributed by atoms with E-state index in [1.165, 1.54) is 0 Å². The molecule has 1 unspecified atom stereocenters. The van der Waals surface area contributed by atoms with E-state index in [4.69, 9.17) is 14.2 Å². The smallest absolute Gasteiger partial charge is 0.0704 e. The average Bonchev–Trinajstić information content (AvgIpc) is 2.18. The molecule has 0 saturated carbocycles. The summed E-state index contributed by atoms with van der Waals surface area (Å²) in [7, 11) is 3.40. The predicted octanol–water partition coefficient (Wildman–Crippen LogP) is 0.664. The molecule has 1 N–H and O–H groups in total. The lowest BCUT2D eigenvalue weighted by Crippen LogP contribution is -2.28. The molecule has 86 valence electrons. The fourth-order valence-electron chi connectivity index (χ4n) is 1.04. The van der Waals surface area contributed by atoms with E-state index >= 15 is 0 Å². The number of methoxy groups -OCH3 is 2. The van der Waals surface area contributed by atoms with Gasteiger partial charge in [0.15, 0.2) is 0 Å². The lowest BCUT2D eigenvalue weighted by Gasteiger charge is -2.13. The number of hydrogen-bond donors (Lipinski definition) is 1. The molecule has 14 heavy (non-hydrogen) atoms. The van der Waals surface area contributed by atoms with Crippen molar-refractivity contribution in [2.24, 2.45) is 0 Å². The van der Waals surface area contributed by atoms with Crippen LogP contribution in [0.5, 0.6) is 0 Å². The zero-order valence-electron chi connectivity index (χ0n) is 9.54. The van der Waals surface area contributed by atoms with Gasteiger partial charge < -0.3 is 19.5 Å². The van der Waals surface area contributed by atoms with Crippen molar-refractivity contribution in [3.8, 4) is 0 Å². The lowest BCUT2D eigenvalue weighted by atomic mass is 10.4. The fourth-order valence-corrected chi connectivity index (χ4v) is 1.04. The maximum Gasteiger partial charge on any atom is 0.0704 e. The van der Waals surface area contributed by atoms with Crippen LogP contribution in [0.25, 0.3) is 0 Å². The van der Waals surface area contributed by atoms with E-state index in [0.29, 0.717) is 13.2 Å². The molecule has 0 aromatic carbocycles. The van der Waals surface area contributed by atoms with Crippen LogP contribution in [0.1, 0.15) is 13.3 Å². The molecule has 0 radical (unpaired) electrons. The van der Waals surface area contributed by atoms with Crippen LogP contribution in [0.2, 0.25) is 0 Å². The first-order valence-corrected chi connectivity index (χ1v) is 5.11. The van der Waals surface area contributed by atoms with Crippen LogP contribution in [0.15, 0.2) is 0 Å². The van der Waals surface area contributed by atoms with Crippen molar-refractivity contribution < 1.29 is 14.2 Å². The summed E-state index contributed by atoms with van der Waals surface area (Å²) in [5.74, 6) is 0. The van der Waals surface area contributed by atoms with E-state index < -0.39 is 0 Å². The van der Waals surface area contributed by atoms with Crippen molar-refractivity contribution in [2.45, 2.75) is 19.4 Å². The topological polar surface area (TPSA) is 39.7 Å². The SMILES string of the molecule is COCCCNCC(C)OCCOC. The van der Waals surface area contributed by atoms with Gasteiger partial charge in [0.2, 0.25) is 0 Å². The van der Waals surface area contributed by atoms with E-state index in [1.807, 2.05) is 0 Å². The summed E-state index contributed by atoms with van der Waals surface area (Å²) in [6.07, 6.45) is 1.29. The van der Waals surface area contributed by atoms with Gasteiger partial charge in [-0.2, -0.15) is 0 Å². The van der Waals surface area contributed by atoms with Gasteiger partial charge in [-0.1, -0.05) is 0 Å². The molecule has 0 saturated heterocycles. The van der Waals surface area contributed by atoms with E-state index in [1.54, 1.807) is 14.2 Å². The minimum absolute atomic E-state index is 0.243. The second kappa shape index (κ2) is 10.9. The zero-order valence-corrected chi connectivity index (χ0v) is 9.54. The van der Waals surface area contributed by atoms with Crippen LogP contribution in [-0.2, 0) is 14.2 Å². The Labute approximate surface area is 86.9 Å². The largest absolute Gasteiger partial charge is 0.385 e. The Kier molecular flexibility index (Phi) is 10.8. The fraction of sp³-hybridized carbons (Fsp3) is 1.00. The molecule has 0 bridgehead atoms. The van der Waals surface area contributed by atoms with E-state index in [2.05, 4.69) is 12.2 Å². The highest BCUT2D eigenvalue weighted by Crippen LogP contribution is 1.88. The number of hydrogen-bond acceptors (Lipinski definition) is 4. The Morgan fingerprint density at radius 2 is 1.79 bits per heavy atom. The first-order valence-electron chi connectivity index (χ1n) is 5.11. The van der Waals surface area contributed by atoms with Gasteiger partial charge >= 0.3 is 0 Å². The summed E-state index contributed by atoms with van der Waals surface area (Å²) in [5, 5.41) is 3.30. The highest BCUT2D eigenvalue weighted by molar-refractivity contribution is 4.55. The van der Waals surface area contributed by atoms with Crippen molar-refractivity contribution in [1.29, 1.82) is 0 Å². The van der Waals surface area contributed by atoms with E-state index in [0.717, 1.165) is 26.1 Å². The van der Waals surface area contributed by atoms with Gasteiger partial charge in [-0.3, -0.25) is 0 Å². The molecule has 0 spiro atoms. The Morgan fingerprint density at radius 3 is 2.43 bits per heavy atom. The van der Waals surface area contributed by atoms with Crippen LogP contribution >= 0.6 is 0 Å². The standard InChI is InChI=1S/C10H23NO3/c1-10(14-8-7-13-3)9-11-5-4-6-12-2/h10-11H,4-9H2,1-3H3. The quantitative estimate of drug-likeness (QED) is 0.532. The van der Waals surface area contributed by atoms with Crippen LogP contribution in [-0.4, -0.2) is 53.2 Å². The number of ether oxygens (including phenoxy) is 3. The maximum absolute atomic E-state index is 5.47. The molecule has 0 aliphatic carbocycles. The maximum atomic E-state index is 5.47. The van der Waals surface area contributed by atoms with Crippen molar-refractivity contribution in [2.75, 3.05) is 47.1 Å². The van der Waals surface area contributed by atoms with Gasteiger partial charge in [-0.15, -0.1) is 0 Å². The summed E-state index contributed by atoms with van der Waals surface area (Å²) >= 11 is 0. The van der Waals surface area contributed by atoms with Crippen molar-refractivity contribution >= 4 is 0 Å².